The van der Waals surface area contributed by atoms with Crippen LogP contribution in [0, 0.1) is 12.7 Å². The normalized spacial score (nSPS) is 11.9. The Hall–Kier alpha value is -2.57. The van der Waals surface area contributed by atoms with Gasteiger partial charge in [-0.3, -0.25) is 4.79 Å². The van der Waals surface area contributed by atoms with E-state index in [1.54, 1.807) is 20.9 Å². The molecule has 6 nitrogen and oxygen atoms in total. The lowest BCUT2D eigenvalue weighted by Crippen LogP contribution is -2.27. The third-order valence-electron chi connectivity index (χ3n) is 3.60. The predicted octanol–water partition coefficient (Wildman–Crippen LogP) is 2.38. The Bertz CT molecular complexity index is 728. The first-order valence-corrected chi connectivity index (χ1v) is 7.11. The van der Waals surface area contributed by atoms with Crippen molar-refractivity contribution in [2.75, 3.05) is 14.2 Å². The van der Waals surface area contributed by atoms with Crippen molar-refractivity contribution < 1.29 is 18.7 Å². The quantitative estimate of drug-likeness (QED) is 0.918. The number of aryl methyl sites for hydroxylation is 2. The number of methoxy groups -OCH3 is 2. The molecule has 7 heteroatoms. The summed E-state index contributed by atoms with van der Waals surface area (Å²) in [6, 6.07) is 3.74. The number of hydrogen-bond donors (Lipinski definition) is 1. The van der Waals surface area contributed by atoms with E-state index in [0.29, 0.717) is 28.5 Å². The lowest BCUT2D eigenvalue weighted by atomic mass is 10.1. The smallest absolute Gasteiger partial charge is 0.259 e. The van der Waals surface area contributed by atoms with E-state index in [1.807, 2.05) is 0 Å². The molecule has 0 fully saturated rings. The Kier molecular flexibility index (Phi) is 4.88. The number of rotatable bonds is 5. The molecule has 0 bridgehead atoms. The van der Waals surface area contributed by atoms with Gasteiger partial charge >= 0.3 is 0 Å². The molecule has 1 aromatic carbocycles. The Balaban J connectivity index is 2.29. The van der Waals surface area contributed by atoms with Crippen molar-refractivity contribution in [2.45, 2.75) is 19.9 Å². The van der Waals surface area contributed by atoms with Crippen LogP contribution < -0.4 is 14.8 Å². The molecule has 124 valence electrons. The molecule has 0 aliphatic rings. The number of ether oxygens (including phenoxy) is 2. The Morgan fingerprint density at radius 3 is 2.65 bits per heavy atom. The second kappa shape index (κ2) is 6.68. The molecule has 2 aromatic rings. The predicted molar refractivity (Wildman–Crippen MR) is 83.3 cm³/mol. The average Bonchev–Trinajstić information content (AvgIpc) is 2.80. The molecule has 1 atom stereocenters. The topological polar surface area (TPSA) is 65.4 Å². The molecule has 23 heavy (non-hydrogen) atoms. The van der Waals surface area contributed by atoms with Crippen molar-refractivity contribution in [1.82, 2.24) is 15.1 Å². The maximum Gasteiger partial charge on any atom is 0.259 e. The number of benzene rings is 1. The van der Waals surface area contributed by atoms with Crippen molar-refractivity contribution in [3.05, 3.63) is 40.8 Å². The van der Waals surface area contributed by atoms with Crippen LogP contribution in [0.3, 0.4) is 0 Å². The van der Waals surface area contributed by atoms with Crippen LogP contribution in [0.4, 0.5) is 4.39 Å². The molecule has 0 saturated heterocycles. The van der Waals surface area contributed by atoms with E-state index >= 15 is 0 Å². The number of hydrogen-bond acceptors (Lipinski definition) is 4. The van der Waals surface area contributed by atoms with Gasteiger partial charge in [-0.25, -0.2) is 9.07 Å². The highest BCUT2D eigenvalue weighted by Crippen LogP contribution is 2.27. The lowest BCUT2D eigenvalue weighted by Gasteiger charge is -2.17. The molecular weight excluding hydrogens is 301 g/mol. The SMILES string of the molecule is COc1ccc(F)cc1[C@@H](C)NC(=O)c1c(C)nn(C)c1OC. The highest BCUT2D eigenvalue weighted by Gasteiger charge is 2.23. The van der Waals surface area contributed by atoms with Gasteiger partial charge in [0.15, 0.2) is 0 Å². The summed E-state index contributed by atoms with van der Waals surface area (Å²) in [7, 11) is 4.67. The van der Waals surface area contributed by atoms with Crippen LogP contribution in [0.15, 0.2) is 18.2 Å². The highest BCUT2D eigenvalue weighted by atomic mass is 19.1. The molecule has 0 unspecified atom stereocenters. The minimum absolute atomic E-state index is 0.341. The van der Waals surface area contributed by atoms with Gasteiger partial charge in [-0.2, -0.15) is 5.10 Å². The summed E-state index contributed by atoms with van der Waals surface area (Å²) in [4.78, 5) is 12.5. The minimum atomic E-state index is -0.447. The summed E-state index contributed by atoms with van der Waals surface area (Å²) in [6.45, 7) is 3.48. The van der Waals surface area contributed by atoms with E-state index in [1.165, 1.54) is 37.1 Å². The zero-order valence-electron chi connectivity index (χ0n) is 13.8. The number of aromatic nitrogens is 2. The number of amides is 1. The first kappa shape index (κ1) is 16.8. The van der Waals surface area contributed by atoms with Crippen molar-refractivity contribution in [2.24, 2.45) is 7.05 Å². The Morgan fingerprint density at radius 2 is 2.04 bits per heavy atom. The van der Waals surface area contributed by atoms with Crippen LogP contribution >= 0.6 is 0 Å². The van der Waals surface area contributed by atoms with Gasteiger partial charge in [-0.05, 0) is 32.0 Å². The second-order valence-electron chi connectivity index (χ2n) is 5.17. The monoisotopic (exact) mass is 321 g/mol. The Morgan fingerprint density at radius 1 is 1.35 bits per heavy atom. The first-order valence-electron chi connectivity index (χ1n) is 7.11. The molecule has 0 aliphatic carbocycles. The van der Waals surface area contributed by atoms with Crippen molar-refractivity contribution in [1.29, 1.82) is 0 Å². The fraction of sp³-hybridized carbons (Fsp3) is 0.375. The summed E-state index contributed by atoms with van der Waals surface area (Å²) in [5.41, 5.74) is 1.47. The van der Waals surface area contributed by atoms with Crippen molar-refractivity contribution in [3.8, 4) is 11.6 Å². The largest absolute Gasteiger partial charge is 0.496 e. The van der Waals surface area contributed by atoms with Gasteiger partial charge in [-0.1, -0.05) is 0 Å². The van der Waals surface area contributed by atoms with Crippen LogP contribution in [0.1, 0.15) is 34.6 Å². The summed E-state index contributed by atoms with van der Waals surface area (Å²) in [5, 5.41) is 7.00. The average molecular weight is 321 g/mol. The number of nitrogens with one attached hydrogen (secondary N) is 1. The van der Waals surface area contributed by atoms with Crippen molar-refractivity contribution >= 4 is 5.91 Å². The van der Waals surface area contributed by atoms with E-state index in [4.69, 9.17) is 9.47 Å². The molecule has 1 aromatic heterocycles. The van der Waals surface area contributed by atoms with E-state index in [2.05, 4.69) is 10.4 Å². The zero-order chi connectivity index (χ0) is 17.1. The summed E-state index contributed by atoms with van der Waals surface area (Å²) < 4.78 is 25.4. The molecule has 1 heterocycles. The fourth-order valence-electron chi connectivity index (χ4n) is 2.52. The van der Waals surface area contributed by atoms with Crippen LogP contribution in [0.5, 0.6) is 11.6 Å². The van der Waals surface area contributed by atoms with Gasteiger partial charge in [0.05, 0.1) is 26.0 Å². The van der Waals surface area contributed by atoms with Gasteiger partial charge in [0.2, 0.25) is 5.88 Å². The third kappa shape index (κ3) is 3.28. The lowest BCUT2D eigenvalue weighted by molar-refractivity contribution is 0.0935. The number of halogens is 1. The summed E-state index contributed by atoms with van der Waals surface area (Å²) in [6.07, 6.45) is 0. The third-order valence-corrected chi connectivity index (χ3v) is 3.60. The van der Waals surface area contributed by atoms with E-state index in [0.717, 1.165) is 0 Å². The fourth-order valence-corrected chi connectivity index (χ4v) is 2.52. The Labute approximate surface area is 134 Å². The number of carbonyl (C=O) groups excluding carboxylic acids is 1. The van der Waals surface area contributed by atoms with E-state index in [-0.39, 0.29) is 5.91 Å². The maximum atomic E-state index is 13.5. The standard InChI is InChI=1S/C16H20FN3O3/c1-9(12-8-11(17)6-7-13(12)22-4)18-15(21)14-10(2)19-20(3)16(14)23-5/h6-9H,1-5H3,(H,18,21)/t9-/m1/s1. The molecule has 0 saturated carbocycles. The van der Waals surface area contributed by atoms with Gasteiger partial charge in [0.25, 0.3) is 5.91 Å². The van der Waals surface area contributed by atoms with Gasteiger partial charge in [0.1, 0.15) is 17.1 Å². The van der Waals surface area contributed by atoms with Crippen LogP contribution in [-0.2, 0) is 7.05 Å². The number of nitrogens with zero attached hydrogens (tertiary/aromatic N) is 2. The van der Waals surface area contributed by atoms with Crippen LogP contribution in [-0.4, -0.2) is 29.9 Å². The van der Waals surface area contributed by atoms with Crippen LogP contribution in [0.2, 0.25) is 0 Å². The maximum absolute atomic E-state index is 13.5. The molecule has 2 rings (SSSR count). The molecule has 1 amide bonds. The molecule has 0 aliphatic heterocycles. The van der Waals surface area contributed by atoms with E-state index < -0.39 is 11.9 Å². The second-order valence-corrected chi connectivity index (χ2v) is 5.17. The van der Waals surface area contributed by atoms with Gasteiger partial charge in [-0.15, -0.1) is 0 Å². The molecule has 0 radical (unpaired) electrons. The summed E-state index contributed by atoms with van der Waals surface area (Å²) in [5.74, 6) is 0.149. The van der Waals surface area contributed by atoms with Crippen LogP contribution in [0.25, 0.3) is 0 Å². The van der Waals surface area contributed by atoms with E-state index in [9.17, 15) is 9.18 Å². The molecular formula is C16H20FN3O3. The van der Waals surface area contributed by atoms with Gasteiger partial charge < -0.3 is 14.8 Å². The highest BCUT2D eigenvalue weighted by molar-refractivity contribution is 5.97. The molecule has 0 spiro atoms. The number of carbonyl (C=O) groups is 1. The summed E-state index contributed by atoms with van der Waals surface area (Å²) >= 11 is 0. The van der Waals surface area contributed by atoms with Gasteiger partial charge in [0, 0.05) is 12.6 Å². The minimum Gasteiger partial charge on any atom is -0.496 e. The van der Waals surface area contributed by atoms with Crippen molar-refractivity contribution in [3.63, 3.8) is 0 Å². The first-order chi connectivity index (χ1) is 10.9. The molecule has 1 N–H and O–H groups in total. The zero-order valence-corrected chi connectivity index (χ0v) is 13.8.